The first-order valence-electron chi connectivity index (χ1n) is 6.00. The van der Waals surface area contributed by atoms with Gasteiger partial charge in [0, 0.05) is 11.9 Å². The van der Waals surface area contributed by atoms with E-state index in [1.807, 2.05) is 19.9 Å². The van der Waals surface area contributed by atoms with Gasteiger partial charge in [0.05, 0.1) is 11.5 Å². The van der Waals surface area contributed by atoms with E-state index in [1.54, 1.807) is 6.07 Å². The van der Waals surface area contributed by atoms with Gasteiger partial charge in [-0.25, -0.2) is 0 Å². The predicted molar refractivity (Wildman–Crippen MR) is 72.6 cm³/mol. The molecule has 18 heavy (non-hydrogen) atoms. The number of alkyl halides is 1. The zero-order valence-corrected chi connectivity index (χ0v) is 11.5. The lowest BCUT2D eigenvalue weighted by atomic mass is 10.1. The lowest BCUT2D eigenvalue weighted by molar-refractivity contribution is -0.386. The maximum absolute atomic E-state index is 11.0. The summed E-state index contributed by atoms with van der Waals surface area (Å²) in [5.74, 6) is 1.03. The first-order valence-corrected chi connectivity index (χ1v) is 6.54. The maximum atomic E-state index is 11.0. The van der Waals surface area contributed by atoms with Gasteiger partial charge in [-0.15, -0.1) is 11.6 Å². The zero-order chi connectivity index (χ0) is 13.5. The average molecular weight is 272 g/mol. The van der Waals surface area contributed by atoms with Crippen LogP contribution in [0.3, 0.4) is 0 Å². The highest BCUT2D eigenvalue weighted by molar-refractivity contribution is 6.17. The summed E-state index contributed by atoms with van der Waals surface area (Å²) in [6, 6.07) is 3.43. The van der Waals surface area contributed by atoms with Crippen LogP contribution in [-0.2, 0) is 0 Å². The molecule has 100 valence electrons. The summed E-state index contributed by atoms with van der Waals surface area (Å²) < 4.78 is 5.55. The van der Waals surface area contributed by atoms with Crippen LogP contribution < -0.4 is 4.74 Å². The largest absolute Gasteiger partial charge is 0.487 e. The fraction of sp³-hybridized carbons (Fsp3) is 0.538. The predicted octanol–water partition coefficient (Wildman–Crippen LogP) is 4.00. The molecule has 0 fully saturated rings. The molecule has 0 atom stereocenters. The van der Waals surface area contributed by atoms with E-state index in [0.717, 1.165) is 30.4 Å². The summed E-state index contributed by atoms with van der Waals surface area (Å²) in [5.41, 5.74) is 1.72. The Bertz CT molecular complexity index is 421. The van der Waals surface area contributed by atoms with Crippen molar-refractivity contribution >= 4 is 17.3 Å². The fourth-order valence-corrected chi connectivity index (χ4v) is 1.99. The van der Waals surface area contributed by atoms with Crippen LogP contribution in [0.1, 0.15) is 30.4 Å². The van der Waals surface area contributed by atoms with Crippen LogP contribution in [0.4, 0.5) is 5.69 Å². The number of nitrogens with zero attached hydrogens (tertiary/aromatic N) is 1. The van der Waals surface area contributed by atoms with Crippen molar-refractivity contribution < 1.29 is 9.66 Å². The van der Waals surface area contributed by atoms with E-state index in [9.17, 15) is 10.1 Å². The van der Waals surface area contributed by atoms with Gasteiger partial charge in [-0.05, 0) is 44.2 Å². The maximum Gasteiger partial charge on any atom is 0.311 e. The van der Waals surface area contributed by atoms with Crippen LogP contribution in [-0.4, -0.2) is 17.4 Å². The summed E-state index contributed by atoms with van der Waals surface area (Å²) in [6.07, 6.45) is 2.78. The molecule has 0 saturated carbocycles. The Morgan fingerprint density at radius 2 is 2.00 bits per heavy atom. The molecule has 0 bridgehead atoms. The fourth-order valence-electron chi connectivity index (χ4n) is 1.80. The molecule has 5 heteroatoms. The minimum atomic E-state index is -0.395. The van der Waals surface area contributed by atoms with Crippen LogP contribution >= 0.6 is 11.6 Å². The van der Waals surface area contributed by atoms with Gasteiger partial charge >= 0.3 is 5.69 Å². The number of halogens is 1. The number of ether oxygens (including phenoxy) is 1. The molecule has 4 nitrogen and oxygen atoms in total. The second kappa shape index (κ2) is 7.21. The first kappa shape index (κ1) is 14.8. The number of unbranched alkanes of at least 4 members (excludes halogenated alkanes) is 2. The van der Waals surface area contributed by atoms with E-state index < -0.39 is 4.92 Å². The molecule has 1 rings (SSSR count). The molecule has 0 heterocycles. The molecule has 0 aliphatic rings. The Hall–Kier alpha value is -1.29. The number of aryl methyl sites for hydroxylation is 2. The van der Waals surface area contributed by atoms with Crippen molar-refractivity contribution in [1.29, 1.82) is 0 Å². The quantitative estimate of drug-likeness (QED) is 0.326. The molecule has 1 aromatic carbocycles. The van der Waals surface area contributed by atoms with E-state index in [4.69, 9.17) is 16.3 Å². The zero-order valence-electron chi connectivity index (χ0n) is 10.7. The van der Waals surface area contributed by atoms with E-state index in [-0.39, 0.29) is 5.69 Å². The van der Waals surface area contributed by atoms with Crippen molar-refractivity contribution in [3.05, 3.63) is 33.4 Å². The molecule has 0 amide bonds. The van der Waals surface area contributed by atoms with Crippen LogP contribution in [0.5, 0.6) is 5.75 Å². The molecule has 0 N–H and O–H groups in total. The third-order valence-electron chi connectivity index (χ3n) is 2.62. The summed E-state index contributed by atoms with van der Waals surface area (Å²) in [5, 5.41) is 11.0. The summed E-state index contributed by atoms with van der Waals surface area (Å²) in [7, 11) is 0. The minimum absolute atomic E-state index is 0.0462. The summed E-state index contributed by atoms with van der Waals surface area (Å²) in [4.78, 5) is 10.6. The van der Waals surface area contributed by atoms with Crippen LogP contribution in [0.15, 0.2) is 12.1 Å². The van der Waals surface area contributed by atoms with Crippen molar-refractivity contribution in [2.24, 2.45) is 0 Å². The number of nitro benzene ring substituents is 1. The molecule has 0 spiro atoms. The molecule has 0 aliphatic carbocycles. The number of hydrogen-bond acceptors (Lipinski definition) is 3. The van der Waals surface area contributed by atoms with E-state index >= 15 is 0 Å². The molecule has 0 saturated heterocycles. The Morgan fingerprint density at radius 3 is 2.61 bits per heavy atom. The molecule has 0 radical (unpaired) electrons. The Labute approximate surface area is 112 Å². The third-order valence-corrected chi connectivity index (χ3v) is 2.89. The highest BCUT2D eigenvalue weighted by atomic mass is 35.5. The van der Waals surface area contributed by atoms with Crippen molar-refractivity contribution in [2.75, 3.05) is 12.5 Å². The van der Waals surface area contributed by atoms with E-state index in [0.29, 0.717) is 18.2 Å². The molecular weight excluding hydrogens is 254 g/mol. The van der Waals surface area contributed by atoms with Crippen LogP contribution in [0.2, 0.25) is 0 Å². The van der Waals surface area contributed by atoms with Gasteiger partial charge in [-0.1, -0.05) is 6.07 Å². The van der Waals surface area contributed by atoms with Crippen LogP contribution in [0.25, 0.3) is 0 Å². The Morgan fingerprint density at radius 1 is 1.28 bits per heavy atom. The summed E-state index contributed by atoms with van der Waals surface area (Å²) in [6.45, 7) is 4.15. The minimum Gasteiger partial charge on any atom is -0.487 e. The second-order valence-corrected chi connectivity index (χ2v) is 4.66. The molecule has 1 aromatic rings. The second-order valence-electron chi connectivity index (χ2n) is 4.29. The molecule has 0 aliphatic heterocycles. The Balaban J connectivity index is 2.71. The highest BCUT2D eigenvalue weighted by Crippen LogP contribution is 2.32. The molecule has 0 aromatic heterocycles. The lowest BCUT2D eigenvalue weighted by Crippen LogP contribution is -2.03. The van der Waals surface area contributed by atoms with Gasteiger partial charge in [0.15, 0.2) is 5.75 Å². The number of rotatable bonds is 7. The number of benzene rings is 1. The Kier molecular flexibility index (Phi) is 5.92. The number of nitro groups is 1. The van der Waals surface area contributed by atoms with Crippen molar-refractivity contribution in [3.8, 4) is 5.75 Å². The first-order chi connectivity index (χ1) is 8.56. The van der Waals surface area contributed by atoms with Crippen LogP contribution in [0, 0.1) is 24.0 Å². The van der Waals surface area contributed by atoms with Gasteiger partial charge in [0.2, 0.25) is 0 Å². The van der Waals surface area contributed by atoms with Crippen molar-refractivity contribution in [1.82, 2.24) is 0 Å². The SMILES string of the molecule is Cc1cc(C)c(OCCCCCCl)c([N+](=O)[O-])c1. The van der Waals surface area contributed by atoms with Gasteiger partial charge in [0.25, 0.3) is 0 Å². The number of hydrogen-bond donors (Lipinski definition) is 0. The van der Waals surface area contributed by atoms with Gasteiger partial charge in [0.1, 0.15) is 0 Å². The standard InChI is InChI=1S/C13H18ClNO3/c1-10-8-11(2)13(12(9-10)15(16)17)18-7-5-3-4-6-14/h8-9H,3-7H2,1-2H3. The van der Waals surface area contributed by atoms with Crippen molar-refractivity contribution in [2.45, 2.75) is 33.1 Å². The van der Waals surface area contributed by atoms with E-state index in [2.05, 4.69) is 0 Å². The molecule has 0 unspecified atom stereocenters. The smallest absolute Gasteiger partial charge is 0.311 e. The molecular formula is C13H18ClNO3. The highest BCUT2D eigenvalue weighted by Gasteiger charge is 2.18. The van der Waals surface area contributed by atoms with Gasteiger partial charge in [-0.3, -0.25) is 10.1 Å². The van der Waals surface area contributed by atoms with Crippen molar-refractivity contribution in [3.63, 3.8) is 0 Å². The topological polar surface area (TPSA) is 52.4 Å². The lowest BCUT2D eigenvalue weighted by Gasteiger charge is -2.10. The van der Waals surface area contributed by atoms with Gasteiger partial charge in [-0.2, -0.15) is 0 Å². The monoisotopic (exact) mass is 271 g/mol. The van der Waals surface area contributed by atoms with E-state index in [1.165, 1.54) is 0 Å². The van der Waals surface area contributed by atoms with Gasteiger partial charge < -0.3 is 4.74 Å². The normalized spacial score (nSPS) is 10.4. The summed E-state index contributed by atoms with van der Waals surface area (Å²) >= 11 is 5.58. The third kappa shape index (κ3) is 4.18. The average Bonchev–Trinajstić information content (AvgIpc) is 2.30.